The van der Waals surface area contributed by atoms with Crippen molar-refractivity contribution in [2.75, 3.05) is 31.6 Å². The molecule has 0 saturated carbocycles. The summed E-state index contributed by atoms with van der Waals surface area (Å²) in [5, 5.41) is 18.1. The molecule has 8 nitrogen and oxygen atoms in total. The van der Waals surface area contributed by atoms with Crippen molar-refractivity contribution in [1.29, 1.82) is 0 Å². The van der Waals surface area contributed by atoms with Gasteiger partial charge >= 0.3 is 11.9 Å². The molecule has 3 aliphatic rings. The van der Waals surface area contributed by atoms with E-state index in [1.807, 2.05) is 0 Å². The molecule has 1 aromatic carbocycles. The molecular formula is C18H23N3O5. The molecule has 1 aliphatic carbocycles. The Balaban J connectivity index is 0.000000286. The fourth-order valence-electron chi connectivity index (χ4n) is 3.45. The SMILES string of the molecule is CN1CC(C2=NCCN2)Oc2cc3c(cc21)CCCC3.O=C(O)C(=O)O. The number of rotatable bonds is 1. The molecule has 0 fully saturated rings. The lowest BCUT2D eigenvalue weighted by atomic mass is 9.90. The van der Waals surface area contributed by atoms with Gasteiger partial charge in [0.2, 0.25) is 0 Å². The Labute approximate surface area is 151 Å². The molecule has 0 aromatic heterocycles. The van der Waals surface area contributed by atoms with Gasteiger partial charge in [-0.3, -0.25) is 4.99 Å². The molecule has 0 spiro atoms. The number of aryl methyl sites for hydroxylation is 2. The van der Waals surface area contributed by atoms with Crippen LogP contribution >= 0.6 is 0 Å². The van der Waals surface area contributed by atoms with E-state index >= 15 is 0 Å². The first-order chi connectivity index (χ1) is 12.5. The van der Waals surface area contributed by atoms with Crippen LogP contribution in [0.5, 0.6) is 5.75 Å². The van der Waals surface area contributed by atoms with E-state index in [-0.39, 0.29) is 6.10 Å². The van der Waals surface area contributed by atoms with Crippen LogP contribution in [-0.2, 0) is 22.4 Å². The highest BCUT2D eigenvalue weighted by molar-refractivity contribution is 6.27. The number of hydrogen-bond acceptors (Lipinski definition) is 6. The highest BCUT2D eigenvalue weighted by Crippen LogP contribution is 2.37. The molecule has 1 aromatic rings. The minimum Gasteiger partial charge on any atom is -0.478 e. The van der Waals surface area contributed by atoms with Gasteiger partial charge in [-0.15, -0.1) is 0 Å². The summed E-state index contributed by atoms with van der Waals surface area (Å²) in [5.74, 6) is -1.61. The molecule has 0 radical (unpaired) electrons. The highest BCUT2D eigenvalue weighted by Gasteiger charge is 2.29. The van der Waals surface area contributed by atoms with Gasteiger partial charge in [-0.25, -0.2) is 9.59 Å². The van der Waals surface area contributed by atoms with Gasteiger partial charge in [0.1, 0.15) is 11.6 Å². The summed E-state index contributed by atoms with van der Waals surface area (Å²) in [6.07, 6.45) is 5.09. The molecule has 3 N–H and O–H groups in total. The van der Waals surface area contributed by atoms with Crippen LogP contribution in [0.2, 0.25) is 0 Å². The Morgan fingerprint density at radius 1 is 1.19 bits per heavy atom. The van der Waals surface area contributed by atoms with E-state index in [2.05, 4.69) is 34.4 Å². The van der Waals surface area contributed by atoms with Gasteiger partial charge in [0.05, 0.1) is 18.8 Å². The third kappa shape index (κ3) is 3.89. The summed E-state index contributed by atoms with van der Waals surface area (Å²) >= 11 is 0. The number of carboxylic acid groups (broad SMARTS) is 2. The van der Waals surface area contributed by atoms with E-state index in [0.717, 1.165) is 31.2 Å². The number of ether oxygens (including phenoxy) is 1. The number of nitrogens with one attached hydrogen (secondary N) is 1. The Morgan fingerprint density at radius 3 is 2.42 bits per heavy atom. The smallest absolute Gasteiger partial charge is 0.414 e. The molecule has 140 valence electrons. The van der Waals surface area contributed by atoms with Crippen molar-refractivity contribution in [3.8, 4) is 5.75 Å². The van der Waals surface area contributed by atoms with Crippen LogP contribution in [0.1, 0.15) is 24.0 Å². The normalized spacial score (nSPS) is 20.4. The summed E-state index contributed by atoms with van der Waals surface area (Å²) < 4.78 is 6.22. The van der Waals surface area contributed by atoms with Crippen molar-refractivity contribution in [3.63, 3.8) is 0 Å². The molecule has 2 aliphatic heterocycles. The lowest BCUT2D eigenvalue weighted by Gasteiger charge is -2.35. The van der Waals surface area contributed by atoms with Crippen LogP contribution in [0.25, 0.3) is 0 Å². The second-order valence-corrected chi connectivity index (χ2v) is 6.59. The first kappa shape index (κ1) is 18.0. The predicted molar refractivity (Wildman–Crippen MR) is 96.3 cm³/mol. The molecule has 0 bridgehead atoms. The number of aliphatic imine (C=N–C) groups is 1. The number of anilines is 1. The number of likely N-dealkylation sites (N-methyl/N-ethyl adjacent to an activating group) is 1. The monoisotopic (exact) mass is 361 g/mol. The lowest BCUT2D eigenvalue weighted by Crippen LogP contribution is -2.46. The Hall–Kier alpha value is -2.77. The number of carboxylic acids is 2. The Morgan fingerprint density at radius 2 is 1.85 bits per heavy atom. The van der Waals surface area contributed by atoms with Gasteiger partial charge in [-0.1, -0.05) is 0 Å². The molecule has 8 heteroatoms. The second-order valence-electron chi connectivity index (χ2n) is 6.59. The molecule has 1 atom stereocenters. The highest BCUT2D eigenvalue weighted by atomic mass is 16.5. The average molecular weight is 361 g/mol. The van der Waals surface area contributed by atoms with Crippen molar-refractivity contribution in [1.82, 2.24) is 5.32 Å². The van der Waals surface area contributed by atoms with E-state index in [9.17, 15) is 0 Å². The summed E-state index contributed by atoms with van der Waals surface area (Å²) in [4.78, 5) is 25.0. The van der Waals surface area contributed by atoms with Crippen molar-refractivity contribution < 1.29 is 24.5 Å². The molecule has 0 saturated heterocycles. The van der Waals surface area contributed by atoms with E-state index in [4.69, 9.17) is 24.5 Å². The van der Waals surface area contributed by atoms with E-state index in [1.54, 1.807) is 0 Å². The van der Waals surface area contributed by atoms with Crippen LogP contribution in [0.3, 0.4) is 0 Å². The maximum Gasteiger partial charge on any atom is 0.414 e. The minimum atomic E-state index is -1.82. The summed E-state index contributed by atoms with van der Waals surface area (Å²) in [7, 11) is 2.15. The van der Waals surface area contributed by atoms with Gasteiger partial charge < -0.3 is 25.2 Å². The van der Waals surface area contributed by atoms with Crippen molar-refractivity contribution in [3.05, 3.63) is 23.3 Å². The van der Waals surface area contributed by atoms with Gasteiger partial charge in [-0.2, -0.15) is 0 Å². The van der Waals surface area contributed by atoms with E-state index in [0.29, 0.717) is 0 Å². The largest absolute Gasteiger partial charge is 0.478 e. The first-order valence-corrected chi connectivity index (χ1v) is 8.73. The quantitative estimate of drug-likeness (QED) is 0.638. The van der Waals surface area contributed by atoms with Crippen molar-refractivity contribution >= 4 is 23.5 Å². The summed E-state index contributed by atoms with van der Waals surface area (Å²) in [6.45, 7) is 2.68. The second kappa shape index (κ2) is 7.63. The number of amidine groups is 1. The van der Waals surface area contributed by atoms with E-state index in [1.165, 1.54) is 42.5 Å². The van der Waals surface area contributed by atoms with E-state index < -0.39 is 11.9 Å². The molecule has 1 unspecified atom stereocenters. The zero-order chi connectivity index (χ0) is 18.7. The van der Waals surface area contributed by atoms with Crippen LogP contribution < -0.4 is 15.0 Å². The zero-order valence-electron chi connectivity index (χ0n) is 14.7. The van der Waals surface area contributed by atoms with Gasteiger partial charge in [-0.05, 0) is 48.9 Å². The fraction of sp³-hybridized carbons (Fsp3) is 0.500. The van der Waals surface area contributed by atoms with Crippen molar-refractivity contribution in [2.45, 2.75) is 31.8 Å². The molecule has 0 amide bonds. The van der Waals surface area contributed by atoms with Crippen LogP contribution in [-0.4, -0.2) is 60.8 Å². The van der Waals surface area contributed by atoms with Gasteiger partial charge in [0, 0.05) is 13.6 Å². The fourth-order valence-corrected chi connectivity index (χ4v) is 3.45. The number of aliphatic carboxylic acids is 2. The lowest BCUT2D eigenvalue weighted by molar-refractivity contribution is -0.159. The van der Waals surface area contributed by atoms with Crippen LogP contribution in [0.4, 0.5) is 5.69 Å². The maximum absolute atomic E-state index is 9.10. The third-order valence-electron chi connectivity index (χ3n) is 4.73. The number of fused-ring (bicyclic) bond motifs is 2. The molecule has 4 rings (SSSR count). The third-order valence-corrected chi connectivity index (χ3v) is 4.73. The number of nitrogens with zero attached hydrogens (tertiary/aromatic N) is 2. The Kier molecular flexibility index (Phi) is 5.29. The standard InChI is InChI=1S/C16H21N3O.C2H2O4/c1-19-10-15(16-17-6-7-18-16)20-14-9-12-5-3-2-4-11(12)8-13(14)19;3-1(4)2(5)6/h8-9,15H,2-7,10H2,1H3,(H,17,18);(H,3,4)(H,5,6). The minimum absolute atomic E-state index is 0.0524. The maximum atomic E-state index is 9.10. The summed E-state index contributed by atoms with van der Waals surface area (Å²) in [6, 6.07) is 4.60. The first-order valence-electron chi connectivity index (χ1n) is 8.73. The number of benzene rings is 1. The van der Waals surface area contributed by atoms with Crippen molar-refractivity contribution in [2.24, 2.45) is 4.99 Å². The van der Waals surface area contributed by atoms with Gasteiger partial charge in [0.15, 0.2) is 6.10 Å². The number of carbonyl (C=O) groups is 2. The number of hydrogen-bond donors (Lipinski definition) is 3. The summed E-state index contributed by atoms with van der Waals surface area (Å²) in [5.41, 5.74) is 4.23. The molecule has 2 heterocycles. The molecule has 26 heavy (non-hydrogen) atoms. The molecular weight excluding hydrogens is 338 g/mol. The average Bonchev–Trinajstić information content (AvgIpc) is 3.15. The topological polar surface area (TPSA) is 111 Å². The Bertz CT molecular complexity index is 735. The zero-order valence-corrected chi connectivity index (χ0v) is 14.7. The predicted octanol–water partition coefficient (Wildman–Crippen LogP) is 0.920. The van der Waals surface area contributed by atoms with Gasteiger partial charge in [0.25, 0.3) is 0 Å². The van der Waals surface area contributed by atoms with Crippen LogP contribution in [0.15, 0.2) is 17.1 Å². The van der Waals surface area contributed by atoms with Crippen LogP contribution in [0, 0.1) is 0 Å².